The van der Waals surface area contributed by atoms with Crippen LogP contribution in [0, 0.1) is 23.7 Å². The molecule has 1 fully saturated rings. The summed E-state index contributed by atoms with van der Waals surface area (Å²) in [6, 6.07) is 0. The molecule has 0 aliphatic carbocycles. The zero-order valence-corrected chi connectivity index (χ0v) is 9.29. The summed E-state index contributed by atoms with van der Waals surface area (Å²) in [5.41, 5.74) is 0.0625. The maximum atomic E-state index is 5.55. The highest BCUT2D eigenvalue weighted by Gasteiger charge is 2.43. The third-order valence-corrected chi connectivity index (χ3v) is 4.43. The molecular weight excluding hydrogens is 164 g/mol. The smallest absolute Gasteiger partial charge is 0.0297 e. The van der Waals surface area contributed by atoms with E-state index in [0.717, 1.165) is 0 Å². The third-order valence-electron chi connectivity index (χ3n) is 2.96. The first kappa shape index (κ1) is 9.99. The fraction of sp³-hybridized carbons (Fsp3) is 0.818. The molecule has 12 heavy (non-hydrogen) atoms. The van der Waals surface area contributed by atoms with Gasteiger partial charge in [0.15, 0.2) is 0 Å². The Kier molecular flexibility index (Phi) is 2.50. The van der Waals surface area contributed by atoms with Crippen molar-refractivity contribution in [3.8, 4) is 12.3 Å². The summed E-state index contributed by atoms with van der Waals surface area (Å²) in [5.74, 6) is 4.86. The number of rotatable bonds is 1. The van der Waals surface area contributed by atoms with Gasteiger partial charge in [-0.3, -0.25) is 0 Å². The second kappa shape index (κ2) is 3.00. The summed E-state index contributed by atoms with van der Waals surface area (Å²) in [4.78, 5) is 0. The van der Waals surface area contributed by atoms with Gasteiger partial charge < -0.3 is 0 Å². The van der Waals surface area contributed by atoms with Gasteiger partial charge in [-0.2, -0.15) is 11.8 Å². The minimum Gasteiger partial charge on any atom is -0.155 e. The molecule has 0 aromatic carbocycles. The van der Waals surface area contributed by atoms with Gasteiger partial charge in [0.1, 0.15) is 0 Å². The molecule has 0 amide bonds. The molecule has 1 saturated heterocycles. The molecule has 0 radical (unpaired) electrons. The maximum absolute atomic E-state index is 5.55. The van der Waals surface area contributed by atoms with Crippen molar-refractivity contribution in [2.45, 2.75) is 38.9 Å². The van der Waals surface area contributed by atoms with E-state index in [1.165, 1.54) is 12.2 Å². The van der Waals surface area contributed by atoms with Crippen LogP contribution in [0.4, 0.5) is 0 Å². The van der Waals surface area contributed by atoms with Crippen LogP contribution in [0.2, 0.25) is 0 Å². The van der Waals surface area contributed by atoms with Crippen LogP contribution in [-0.2, 0) is 0 Å². The van der Waals surface area contributed by atoms with E-state index in [0.29, 0.717) is 10.7 Å². The van der Waals surface area contributed by atoms with E-state index in [-0.39, 0.29) is 5.41 Å². The molecule has 0 spiro atoms. The highest BCUT2D eigenvalue weighted by atomic mass is 32.2. The van der Waals surface area contributed by atoms with Gasteiger partial charge in [-0.25, -0.2) is 0 Å². The topological polar surface area (TPSA) is 0 Å². The highest BCUT2D eigenvalue weighted by Crippen LogP contribution is 2.50. The van der Waals surface area contributed by atoms with Crippen molar-refractivity contribution >= 4 is 11.8 Å². The van der Waals surface area contributed by atoms with Crippen molar-refractivity contribution in [1.82, 2.24) is 0 Å². The number of hydrogen-bond donors (Lipinski definition) is 0. The van der Waals surface area contributed by atoms with Gasteiger partial charge in [0, 0.05) is 10.2 Å². The molecule has 0 aromatic heterocycles. The molecule has 1 aliphatic rings. The second-order valence-corrected chi connectivity index (χ2v) is 6.41. The first-order valence-corrected chi connectivity index (χ1v) is 5.50. The predicted octanol–water partition coefficient (Wildman–Crippen LogP) is 3.18. The Hall–Kier alpha value is -0.0900. The van der Waals surface area contributed by atoms with Crippen molar-refractivity contribution in [3.63, 3.8) is 0 Å². The summed E-state index contributed by atoms with van der Waals surface area (Å²) in [7, 11) is 0. The molecular formula is C11H18S. The number of terminal acetylenes is 1. The molecule has 1 heteroatoms. The van der Waals surface area contributed by atoms with E-state index in [4.69, 9.17) is 6.42 Å². The van der Waals surface area contributed by atoms with Crippen LogP contribution in [0.25, 0.3) is 0 Å². The Bertz CT molecular complexity index is 208. The quantitative estimate of drug-likeness (QED) is 0.561. The molecule has 0 bridgehead atoms. The van der Waals surface area contributed by atoms with Gasteiger partial charge >= 0.3 is 0 Å². The zero-order chi connectivity index (χ0) is 9.41. The lowest BCUT2D eigenvalue weighted by Crippen LogP contribution is -2.34. The summed E-state index contributed by atoms with van der Waals surface area (Å²) in [6.45, 7) is 9.00. The monoisotopic (exact) mass is 182 g/mol. The first-order chi connectivity index (χ1) is 5.40. The highest BCUT2D eigenvalue weighted by molar-refractivity contribution is 8.00. The average molecular weight is 182 g/mol. The van der Waals surface area contributed by atoms with Crippen LogP contribution in [0.3, 0.4) is 0 Å². The van der Waals surface area contributed by atoms with Gasteiger partial charge in [-0.05, 0) is 31.9 Å². The summed E-state index contributed by atoms with van der Waals surface area (Å²) in [6.07, 6.45) is 6.82. The van der Waals surface area contributed by atoms with Crippen LogP contribution in [0.15, 0.2) is 0 Å². The normalized spacial score (nSPS) is 28.4. The van der Waals surface area contributed by atoms with Gasteiger partial charge in [0.05, 0.1) is 0 Å². The lowest BCUT2D eigenvalue weighted by atomic mass is 9.72. The summed E-state index contributed by atoms with van der Waals surface area (Å²) >= 11 is 2.05. The van der Waals surface area contributed by atoms with Crippen molar-refractivity contribution < 1.29 is 0 Å². The number of thioether (sulfide) groups is 1. The van der Waals surface area contributed by atoms with Gasteiger partial charge in [0.2, 0.25) is 0 Å². The lowest BCUT2D eigenvalue weighted by molar-refractivity contribution is 0.252. The molecule has 0 aromatic rings. The second-order valence-electron chi connectivity index (χ2n) is 4.66. The number of hydrogen-bond acceptors (Lipinski definition) is 1. The van der Waals surface area contributed by atoms with Crippen molar-refractivity contribution in [2.75, 3.05) is 5.75 Å². The third kappa shape index (κ3) is 1.64. The van der Waals surface area contributed by atoms with E-state index in [2.05, 4.69) is 45.4 Å². The largest absolute Gasteiger partial charge is 0.155 e. The first-order valence-electron chi connectivity index (χ1n) is 4.52. The SMILES string of the molecule is C#CC(C)(C)C1CCSC1(C)C. The van der Waals surface area contributed by atoms with Gasteiger partial charge in [-0.15, -0.1) is 12.3 Å². The average Bonchev–Trinajstić information content (AvgIpc) is 2.30. The van der Waals surface area contributed by atoms with Crippen LogP contribution < -0.4 is 0 Å². The van der Waals surface area contributed by atoms with E-state index in [9.17, 15) is 0 Å². The zero-order valence-electron chi connectivity index (χ0n) is 8.48. The van der Waals surface area contributed by atoms with Crippen LogP contribution >= 0.6 is 11.8 Å². The van der Waals surface area contributed by atoms with E-state index in [1.54, 1.807) is 0 Å². The van der Waals surface area contributed by atoms with Gasteiger partial charge in [-0.1, -0.05) is 13.8 Å². The minimum atomic E-state index is 0.0625. The fourth-order valence-corrected chi connectivity index (χ4v) is 3.71. The van der Waals surface area contributed by atoms with E-state index in [1.807, 2.05) is 0 Å². The minimum absolute atomic E-state index is 0.0625. The predicted molar refractivity (Wildman–Crippen MR) is 57.3 cm³/mol. The lowest BCUT2D eigenvalue weighted by Gasteiger charge is -2.35. The van der Waals surface area contributed by atoms with Crippen molar-refractivity contribution in [3.05, 3.63) is 0 Å². The molecule has 0 N–H and O–H groups in total. The van der Waals surface area contributed by atoms with Crippen molar-refractivity contribution in [1.29, 1.82) is 0 Å². The molecule has 1 aliphatic heterocycles. The maximum Gasteiger partial charge on any atom is 0.0297 e. The van der Waals surface area contributed by atoms with E-state index < -0.39 is 0 Å². The Morgan fingerprint density at radius 3 is 2.42 bits per heavy atom. The van der Waals surface area contributed by atoms with Crippen molar-refractivity contribution in [2.24, 2.45) is 11.3 Å². The standard InChI is InChI=1S/C11H18S/c1-6-10(2,3)9-7-8-12-11(9,4)5/h1,9H,7-8H2,2-5H3. The Labute approximate surface area is 80.5 Å². The summed E-state index contributed by atoms with van der Waals surface area (Å²) < 4.78 is 0.371. The molecule has 0 saturated carbocycles. The molecule has 0 nitrogen and oxygen atoms in total. The Morgan fingerprint density at radius 2 is 2.08 bits per heavy atom. The van der Waals surface area contributed by atoms with Crippen LogP contribution in [0.1, 0.15) is 34.1 Å². The Morgan fingerprint density at radius 1 is 1.50 bits per heavy atom. The summed E-state index contributed by atoms with van der Waals surface area (Å²) in [5, 5.41) is 0. The molecule has 68 valence electrons. The molecule has 1 heterocycles. The molecule has 1 unspecified atom stereocenters. The van der Waals surface area contributed by atoms with E-state index >= 15 is 0 Å². The Balaban J connectivity index is 2.84. The van der Waals surface area contributed by atoms with Crippen LogP contribution in [-0.4, -0.2) is 10.5 Å². The van der Waals surface area contributed by atoms with Crippen LogP contribution in [0.5, 0.6) is 0 Å². The molecule has 1 rings (SSSR count). The van der Waals surface area contributed by atoms with Gasteiger partial charge in [0.25, 0.3) is 0 Å². The molecule has 1 atom stereocenters. The fourth-order valence-electron chi connectivity index (χ4n) is 2.22.